The van der Waals surface area contributed by atoms with Crippen molar-refractivity contribution >= 4 is 11.7 Å². The monoisotopic (exact) mass is 197 g/mol. The molecular formula is C11H19NO2. The van der Waals surface area contributed by atoms with E-state index in [-0.39, 0.29) is 29.6 Å². The third-order valence-corrected chi connectivity index (χ3v) is 2.71. The Kier molecular flexibility index (Phi) is 2.98. The molecule has 80 valence electrons. The lowest BCUT2D eigenvalue weighted by atomic mass is 9.91. The fourth-order valence-corrected chi connectivity index (χ4v) is 1.25. The Morgan fingerprint density at radius 1 is 1.36 bits per heavy atom. The molecule has 0 radical (unpaired) electrons. The van der Waals surface area contributed by atoms with Crippen LogP contribution in [0.1, 0.15) is 34.1 Å². The van der Waals surface area contributed by atoms with E-state index in [0.717, 1.165) is 6.42 Å². The molecule has 2 unspecified atom stereocenters. The first-order valence-electron chi connectivity index (χ1n) is 5.13. The van der Waals surface area contributed by atoms with Crippen molar-refractivity contribution in [1.29, 1.82) is 0 Å². The van der Waals surface area contributed by atoms with Gasteiger partial charge in [0.15, 0.2) is 5.78 Å². The van der Waals surface area contributed by atoms with Crippen molar-refractivity contribution in [3.63, 3.8) is 0 Å². The summed E-state index contributed by atoms with van der Waals surface area (Å²) in [4.78, 5) is 22.9. The zero-order chi connectivity index (χ0) is 10.9. The van der Waals surface area contributed by atoms with Crippen molar-refractivity contribution in [2.75, 3.05) is 6.54 Å². The molecule has 14 heavy (non-hydrogen) atoms. The molecule has 3 heteroatoms. The molecule has 0 spiro atoms. The summed E-state index contributed by atoms with van der Waals surface area (Å²) in [5.41, 5.74) is -0.359. The van der Waals surface area contributed by atoms with Gasteiger partial charge in [0.05, 0.1) is 6.54 Å². The molecule has 0 heterocycles. The lowest BCUT2D eigenvalue weighted by molar-refractivity contribution is -0.129. The first-order chi connectivity index (χ1) is 6.32. The van der Waals surface area contributed by atoms with E-state index in [1.807, 2.05) is 20.8 Å². The van der Waals surface area contributed by atoms with E-state index in [1.165, 1.54) is 0 Å². The quantitative estimate of drug-likeness (QED) is 0.742. The van der Waals surface area contributed by atoms with Gasteiger partial charge in [-0.3, -0.25) is 9.59 Å². The second kappa shape index (κ2) is 3.71. The number of rotatable bonds is 3. The standard InChI is InChI=1S/C11H19NO2/c1-7-5-8(7)10(14)12-6-9(13)11(2,3)4/h7-8H,5-6H2,1-4H3,(H,12,14). The van der Waals surface area contributed by atoms with E-state index in [0.29, 0.717) is 5.92 Å². The molecule has 1 aliphatic rings. The number of ketones is 1. The molecule has 0 aromatic heterocycles. The minimum atomic E-state index is -0.359. The van der Waals surface area contributed by atoms with Crippen LogP contribution in [0, 0.1) is 17.3 Å². The third-order valence-electron chi connectivity index (χ3n) is 2.71. The van der Waals surface area contributed by atoms with Crippen molar-refractivity contribution < 1.29 is 9.59 Å². The lowest BCUT2D eigenvalue weighted by Gasteiger charge is -2.16. The molecule has 0 bridgehead atoms. The average molecular weight is 197 g/mol. The molecule has 2 atom stereocenters. The Hall–Kier alpha value is -0.860. The van der Waals surface area contributed by atoms with Crippen LogP contribution in [0.5, 0.6) is 0 Å². The summed E-state index contributed by atoms with van der Waals surface area (Å²) in [5.74, 6) is 0.775. The number of carbonyl (C=O) groups excluding carboxylic acids is 2. The zero-order valence-corrected chi connectivity index (χ0v) is 9.39. The summed E-state index contributed by atoms with van der Waals surface area (Å²) < 4.78 is 0. The van der Waals surface area contributed by atoms with Gasteiger partial charge in [0.1, 0.15) is 0 Å². The molecule has 1 aliphatic carbocycles. The predicted molar refractivity (Wildman–Crippen MR) is 54.7 cm³/mol. The molecule has 1 rings (SSSR count). The van der Waals surface area contributed by atoms with Gasteiger partial charge in [-0.15, -0.1) is 0 Å². The molecule has 0 aromatic carbocycles. The largest absolute Gasteiger partial charge is 0.349 e. The van der Waals surface area contributed by atoms with Crippen LogP contribution in [0.25, 0.3) is 0 Å². The first kappa shape index (κ1) is 11.2. The van der Waals surface area contributed by atoms with Gasteiger partial charge in [-0.25, -0.2) is 0 Å². The second-order valence-corrected chi connectivity index (χ2v) is 5.21. The Bertz CT molecular complexity index is 253. The molecule has 1 saturated carbocycles. The van der Waals surface area contributed by atoms with Crippen molar-refractivity contribution in [3.8, 4) is 0 Å². The summed E-state index contributed by atoms with van der Waals surface area (Å²) >= 11 is 0. The molecule has 3 nitrogen and oxygen atoms in total. The SMILES string of the molecule is CC1CC1C(=O)NCC(=O)C(C)(C)C. The Morgan fingerprint density at radius 2 is 1.86 bits per heavy atom. The van der Waals surface area contributed by atoms with Gasteiger partial charge in [-0.1, -0.05) is 27.7 Å². The Morgan fingerprint density at radius 3 is 2.21 bits per heavy atom. The maximum atomic E-state index is 11.5. The van der Waals surface area contributed by atoms with Gasteiger partial charge in [-0.2, -0.15) is 0 Å². The van der Waals surface area contributed by atoms with Gasteiger partial charge in [0.25, 0.3) is 0 Å². The van der Waals surface area contributed by atoms with Crippen LogP contribution in [-0.2, 0) is 9.59 Å². The second-order valence-electron chi connectivity index (χ2n) is 5.21. The van der Waals surface area contributed by atoms with E-state index in [4.69, 9.17) is 0 Å². The topological polar surface area (TPSA) is 46.2 Å². The highest BCUT2D eigenvalue weighted by molar-refractivity contribution is 5.90. The van der Waals surface area contributed by atoms with Crippen LogP contribution in [0.3, 0.4) is 0 Å². The van der Waals surface area contributed by atoms with Crippen LogP contribution >= 0.6 is 0 Å². The molecule has 1 fully saturated rings. The maximum Gasteiger partial charge on any atom is 0.223 e. The minimum absolute atomic E-state index is 0.0371. The van der Waals surface area contributed by atoms with Crippen LogP contribution in [0.2, 0.25) is 0 Å². The highest BCUT2D eigenvalue weighted by Gasteiger charge is 2.39. The van der Waals surface area contributed by atoms with Gasteiger partial charge in [-0.05, 0) is 12.3 Å². The Balaban J connectivity index is 2.27. The number of carbonyl (C=O) groups is 2. The van der Waals surface area contributed by atoms with Crippen LogP contribution in [0.4, 0.5) is 0 Å². The normalized spacial score (nSPS) is 25.7. The molecule has 1 amide bonds. The van der Waals surface area contributed by atoms with Crippen LogP contribution < -0.4 is 5.32 Å². The predicted octanol–water partition coefficient (Wildman–Crippen LogP) is 1.37. The zero-order valence-electron chi connectivity index (χ0n) is 9.39. The highest BCUT2D eigenvalue weighted by Crippen LogP contribution is 2.37. The number of hydrogen-bond acceptors (Lipinski definition) is 2. The van der Waals surface area contributed by atoms with E-state index < -0.39 is 0 Å². The van der Waals surface area contributed by atoms with Crippen LogP contribution in [0.15, 0.2) is 0 Å². The van der Waals surface area contributed by atoms with Crippen molar-refractivity contribution in [2.45, 2.75) is 34.1 Å². The maximum absolute atomic E-state index is 11.5. The van der Waals surface area contributed by atoms with Crippen molar-refractivity contribution in [1.82, 2.24) is 5.32 Å². The highest BCUT2D eigenvalue weighted by atomic mass is 16.2. The van der Waals surface area contributed by atoms with E-state index in [1.54, 1.807) is 0 Å². The molecule has 0 saturated heterocycles. The van der Waals surface area contributed by atoms with Gasteiger partial charge in [0, 0.05) is 11.3 Å². The van der Waals surface area contributed by atoms with E-state index in [9.17, 15) is 9.59 Å². The lowest BCUT2D eigenvalue weighted by Crippen LogP contribution is -2.36. The number of amides is 1. The first-order valence-corrected chi connectivity index (χ1v) is 5.13. The molecule has 0 aliphatic heterocycles. The summed E-state index contributed by atoms with van der Waals surface area (Å²) in [5, 5.41) is 2.69. The summed E-state index contributed by atoms with van der Waals surface area (Å²) in [6.07, 6.45) is 0.968. The average Bonchev–Trinajstić information content (AvgIpc) is 2.76. The fraction of sp³-hybridized carbons (Fsp3) is 0.818. The minimum Gasteiger partial charge on any atom is -0.349 e. The van der Waals surface area contributed by atoms with Gasteiger partial charge < -0.3 is 5.32 Å². The fourth-order valence-electron chi connectivity index (χ4n) is 1.25. The number of hydrogen-bond donors (Lipinski definition) is 1. The molecular weight excluding hydrogens is 178 g/mol. The summed E-state index contributed by atoms with van der Waals surface area (Å²) in [6, 6.07) is 0. The van der Waals surface area contributed by atoms with Crippen molar-refractivity contribution in [3.05, 3.63) is 0 Å². The summed E-state index contributed by atoms with van der Waals surface area (Å²) in [7, 11) is 0. The molecule has 0 aromatic rings. The van der Waals surface area contributed by atoms with E-state index in [2.05, 4.69) is 12.2 Å². The number of Topliss-reactive ketones (excluding diaryl/α,β-unsaturated/α-hetero) is 1. The smallest absolute Gasteiger partial charge is 0.223 e. The van der Waals surface area contributed by atoms with Gasteiger partial charge >= 0.3 is 0 Å². The Labute approximate surface area is 85.3 Å². The number of nitrogens with one attached hydrogen (secondary N) is 1. The van der Waals surface area contributed by atoms with Crippen LogP contribution in [-0.4, -0.2) is 18.2 Å². The summed E-state index contributed by atoms with van der Waals surface area (Å²) in [6.45, 7) is 7.81. The molecule has 1 N–H and O–H groups in total. The van der Waals surface area contributed by atoms with Crippen molar-refractivity contribution in [2.24, 2.45) is 17.3 Å². The van der Waals surface area contributed by atoms with Gasteiger partial charge in [0.2, 0.25) is 5.91 Å². The third kappa shape index (κ3) is 2.82. The van der Waals surface area contributed by atoms with E-state index >= 15 is 0 Å².